The van der Waals surface area contributed by atoms with Gasteiger partial charge in [-0.15, -0.1) is 0 Å². The predicted molar refractivity (Wildman–Crippen MR) is 89.1 cm³/mol. The van der Waals surface area contributed by atoms with E-state index in [2.05, 4.69) is 15.0 Å². The molecular weight excluding hydrogens is 310 g/mol. The molecule has 0 saturated carbocycles. The molecule has 0 fully saturated rings. The number of aromatic nitrogens is 4. The summed E-state index contributed by atoms with van der Waals surface area (Å²) in [4.78, 5) is 46.3. The van der Waals surface area contributed by atoms with Gasteiger partial charge in [0, 0.05) is 44.9 Å². The largest absolute Gasteiger partial charge is 0.341 e. The molecule has 3 aromatic rings. The third-order valence-electron chi connectivity index (χ3n) is 3.91. The number of amides is 1. The summed E-state index contributed by atoms with van der Waals surface area (Å²) in [6.45, 7) is 0.413. The lowest BCUT2D eigenvalue weighted by Gasteiger charge is -2.17. The van der Waals surface area contributed by atoms with Crippen molar-refractivity contribution >= 4 is 16.9 Å². The first-order chi connectivity index (χ1) is 11.5. The van der Waals surface area contributed by atoms with Gasteiger partial charge >= 0.3 is 5.69 Å². The maximum absolute atomic E-state index is 12.5. The summed E-state index contributed by atoms with van der Waals surface area (Å²) in [5, 5.41) is 0. The number of likely N-dealkylation sites (N-methyl/N-ethyl adjacent to an activating group) is 1. The minimum Gasteiger partial charge on any atom is -0.341 e. The third kappa shape index (κ3) is 2.98. The van der Waals surface area contributed by atoms with Crippen LogP contribution in [0.25, 0.3) is 11.0 Å². The topological polar surface area (TPSA) is 104 Å². The zero-order chi connectivity index (χ0) is 17.3. The number of benzene rings is 1. The van der Waals surface area contributed by atoms with Crippen LogP contribution in [0, 0.1) is 0 Å². The minimum atomic E-state index is -0.220. The van der Waals surface area contributed by atoms with E-state index in [1.807, 2.05) is 0 Å². The number of fused-ring (bicyclic) bond motifs is 1. The second-order valence-electron chi connectivity index (χ2n) is 5.58. The number of aromatic amines is 2. The molecule has 3 rings (SSSR count). The SMILES string of the molecule is CN(CCc1nccc(=O)[nH]1)C(=O)c1ccc2[nH]c(=O)n(C)c2c1. The van der Waals surface area contributed by atoms with Crippen molar-refractivity contribution in [1.82, 2.24) is 24.4 Å². The molecule has 0 unspecified atom stereocenters. The van der Waals surface area contributed by atoms with Gasteiger partial charge in [-0.3, -0.25) is 14.2 Å². The molecule has 2 heterocycles. The van der Waals surface area contributed by atoms with Crippen LogP contribution in [0.2, 0.25) is 0 Å². The Hall–Kier alpha value is -3.16. The average molecular weight is 327 g/mol. The molecule has 0 aliphatic carbocycles. The van der Waals surface area contributed by atoms with Crippen molar-refractivity contribution in [3.8, 4) is 0 Å². The molecule has 0 radical (unpaired) electrons. The van der Waals surface area contributed by atoms with Gasteiger partial charge in [0.25, 0.3) is 11.5 Å². The number of hydrogen-bond acceptors (Lipinski definition) is 4. The lowest BCUT2D eigenvalue weighted by atomic mass is 10.1. The van der Waals surface area contributed by atoms with Gasteiger partial charge in [-0.05, 0) is 18.2 Å². The fraction of sp³-hybridized carbons (Fsp3) is 0.250. The van der Waals surface area contributed by atoms with Crippen LogP contribution >= 0.6 is 0 Å². The van der Waals surface area contributed by atoms with Crippen LogP contribution in [0.4, 0.5) is 0 Å². The summed E-state index contributed by atoms with van der Waals surface area (Å²) in [6.07, 6.45) is 1.89. The Labute approximate surface area is 136 Å². The van der Waals surface area contributed by atoms with Crippen LogP contribution in [0.15, 0.2) is 40.1 Å². The highest BCUT2D eigenvalue weighted by atomic mass is 16.2. The minimum absolute atomic E-state index is 0.163. The van der Waals surface area contributed by atoms with Gasteiger partial charge in [-0.2, -0.15) is 0 Å². The lowest BCUT2D eigenvalue weighted by molar-refractivity contribution is 0.0796. The van der Waals surface area contributed by atoms with Gasteiger partial charge in [0.1, 0.15) is 5.82 Å². The molecule has 8 nitrogen and oxygen atoms in total. The van der Waals surface area contributed by atoms with Crippen LogP contribution in [0.5, 0.6) is 0 Å². The normalized spacial score (nSPS) is 10.9. The number of H-pyrrole nitrogens is 2. The van der Waals surface area contributed by atoms with Crippen molar-refractivity contribution in [2.45, 2.75) is 6.42 Å². The van der Waals surface area contributed by atoms with E-state index >= 15 is 0 Å². The number of rotatable bonds is 4. The van der Waals surface area contributed by atoms with Crippen molar-refractivity contribution in [3.05, 3.63) is 62.7 Å². The van der Waals surface area contributed by atoms with E-state index in [9.17, 15) is 14.4 Å². The number of aryl methyl sites for hydroxylation is 1. The summed E-state index contributed by atoms with van der Waals surface area (Å²) in [7, 11) is 3.33. The summed E-state index contributed by atoms with van der Waals surface area (Å²) < 4.78 is 1.46. The summed E-state index contributed by atoms with van der Waals surface area (Å²) in [5.74, 6) is 0.370. The van der Waals surface area contributed by atoms with E-state index in [0.717, 1.165) is 0 Å². The average Bonchev–Trinajstić information content (AvgIpc) is 2.86. The Morgan fingerprint density at radius 3 is 2.79 bits per heavy atom. The molecule has 124 valence electrons. The van der Waals surface area contributed by atoms with Crippen LogP contribution in [-0.4, -0.2) is 43.9 Å². The molecule has 2 aromatic heterocycles. The molecule has 0 bridgehead atoms. The fourth-order valence-electron chi connectivity index (χ4n) is 2.49. The van der Waals surface area contributed by atoms with Crippen molar-refractivity contribution in [1.29, 1.82) is 0 Å². The van der Waals surface area contributed by atoms with Gasteiger partial charge in [0.2, 0.25) is 0 Å². The number of imidazole rings is 1. The van der Waals surface area contributed by atoms with Gasteiger partial charge in [-0.1, -0.05) is 0 Å². The summed E-state index contributed by atoms with van der Waals surface area (Å²) >= 11 is 0. The first kappa shape index (κ1) is 15.7. The van der Waals surface area contributed by atoms with Crippen molar-refractivity contribution in [2.75, 3.05) is 13.6 Å². The molecule has 0 atom stereocenters. The van der Waals surface area contributed by atoms with Crippen LogP contribution in [-0.2, 0) is 13.5 Å². The number of hydrogen-bond donors (Lipinski definition) is 2. The second-order valence-corrected chi connectivity index (χ2v) is 5.58. The Bertz CT molecular complexity index is 1010. The maximum Gasteiger partial charge on any atom is 0.326 e. The molecule has 0 aliphatic heterocycles. The smallest absolute Gasteiger partial charge is 0.326 e. The number of carbonyl (C=O) groups excluding carboxylic acids is 1. The highest BCUT2D eigenvalue weighted by Crippen LogP contribution is 2.13. The number of nitrogens with zero attached hydrogens (tertiary/aromatic N) is 3. The van der Waals surface area contributed by atoms with Crippen LogP contribution < -0.4 is 11.2 Å². The van der Waals surface area contributed by atoms with Crippen molar-refractivity contribution in [2.24, 2.45) is 7.05 Å². The number of carbonyl (C=O) groups is 1. The first-order valence-electron chi connectivity index (χ1n) is 7.44. The van der Waals surface area contributed by atoms with E-state index in [-0.39, 0.29) is 17.2 Å². The highest BCUT2D eigenvalue weighted by molar-refractivity contribution is 5.97. The third-order valence-corrected chi connectivity index (χ3v) is 3.91. The summed E-state index contributed by atoms with van der Waals surface area (Å²) in [5.41, 5.74) is 1.42. The molecule has 0 aliphatic rings. The molecule has 2 N–H and O–H groups in total. The highest BCUT2D eigenvalue weighted by Gasteiger charge is 2.14. The zero-order valence-corrected chi connectivity index (χ0v) is 13.4. The van der Waals surface area contributed by atoms with E-state index in [0.29, 0.717) is 35.4 Å². The molecule has 0 spiro atoms. The Balaban J connectivity index is 1.76. The monoisotopic (exact) mass is 327 g/mol. The molecule has 0 saturated heterocycles. The van der Waals surface area contributed by atoms with E-state index in [1.165, 1.54) is 16.8 Å². The van der Waals surface area contributed by atoms with Crippen LogP contribution in [0.3, 0.4) is 0 Å². The Morgan fingerprint density at radius 1 is 1.25 bits per heavy atom. The van der Waals surface area contributed by atoms with Crippen molar-refractivity contribution < 1.29 is 4.79 Å². The van der Waals surface area contributed by atoms with Gasteiger partial charge in [0.05, 0.1) is 11.0 Å². The summed E-state index contributed by atoms with van der Waals surface area (Å²) in [6, 6.07) is 6.43. The lowest BCUT2D eigenvalue weighted by Crippen LogP contribution is -2.29. The maximum atomic E-state index is 12.5. The molecule has 1 amide bonds. The van der Waals surface area contributed by atoms with Gasteiger partial charge in [-0.25, -0.2) is 9.78 Å². The molecule has 24 heavy (non-hydrogen) atoms. The fourth-order valence-corrected chi connectivity index (χ4v) is 2.49. The predicted octanol–water partition coefficient (Wildman–Crippen LogP) is 0.265. The Kier molecular flexibility index (Phi) is 4.03. The first-order valence-corrected chi connectivity index (χ1v) is 7.44. The molecule has 8 heteroatoms. The molecule has 1 aromatic carbocycles. The number of nitrogens with one attached hydrogen (secondary N) is 2. The Morgan fingerprint density at radius 2 is 2.04 bits per heavy atom. The standard InChI is InChI=1S/C16H17N5O3/c1-20(8-6-13-17-7-5-14(22)19-13)15(23)10-3-4-11-12(9-10)21(2)16(24)18-11/h3-5,7,9H,6,8H2,1-2H3,(H,18,24)(H,17,19,22). The van der Waals surface area contributed by atoms with Crippen molar-refractivity contribution in [3.63, 3.8) is 0 Å². The second kappa shape index (κ2) is 6.15. The van der Waals surface area contributed by atoms with E-state index in [1.54, 1.807) is 37.2 Å². The van der Waals surface area contributed by atoms with E-state index in [4.69, 9.17) is 0 Å². The van der Waals surface area contributed by atoms with Gasteiger partial charge < -0.3 is 14.9 Å². The van der Waals surface area contributed by atoms with Crippen LogP contribution in [0.1, 0.15) is 16.2 Å². The molecular formula is C16H17N5O3. The zero-order valence-electron chi connectivity index (χ0n) is 13.4. The quantitative estimate of drug-likeness (QED) is 0.717. The van der Waals surface area contributed by atoms with E-state index < -0.39 is 0 Å². The van der Waals surface area contributed by atoms with Gasteiger partial charge in [0.15, 0.2) is 0 Å².